The summed E-state index contributed by atoms with van der Waals surface area (Å²) in [5.74, 6) is -6.76. The Morgan fingerprint density at radius 2 is 1.95 bits per heavy atom. The molecule has 0 aliphatic rings. The third-order valence-electron chi connectivity index (χ3n) is 2.60. The lowest BCUT2D eigenvalue weighted by Crippen LogP contribution is -2.20. The van der Waals surface area contributed by atoms with Crippen LogP contribution < -0.4 is 10.7 Å². The van der Waals surface area contributed by atoms with Crippen molar-refractivity contribution in [3.05, 3.63) is 39.3 Å². The first-order chi connectivity index (χ1) is 8.88. The highest BCUT2D eigenvalue weighted by Gasteiger charge is 2.22. The van der Waals surface area contributed by atoms with Crippen molar-refractivity contribution in [2.45, 2.75) is 0 Å². The van der Waals surface area contributed by atoms with Crippen LogP contribution in [0.25, 0.3) is 10.9 Å². The lowest BCUT2D eigenvalue weighted by molar-refractivity contribution is 0.0696. The summed E-state index contributed by atoms with van der Waals surface area (Å²) in [6, 6.07) is 0.457. The van der Waals surface area contributed by atoms with Crippen molar-refractivity contribution < 1.29 is 23.1 Å². The van der Waals surface area contributed by atoms with Gasteiger partial charge in [-0.1, -0.05) is 0 Å². The summed E-state index contributed by atoms with van der Waals surface area (Å²) < 4.78 is 39.7. The molecule has 100 valence electrons. The number of aromatic amines is 1. The number of fused-ring (bicyclic) bond motifs is 1. The fourth-order valence-electron chi connectivity index (χ4n) is 1.72. The van der Waals surface area contributed by atoms with Gasteiger partial charge in [0.2, 0.25) is 5.43 Å². The molecule has 0 radical (unpaired) electrons. The number of H-pyrrole nitrogens is 1. The Labute approximate surface area is 103 Å². The predicted molar refractivity (Wildman–Crippen MR) is 60.9 cm³/mol. The van der Waals surface area contributed by atoms with Crippen LogP contribution in [0.5, 0.6) is 0 Å². The van der Waals surface area contributed by atoms with Crippen LogP contribution in [0.4, 0.5) is 19.0 Å². The highest BCUT2D eigenvalue weighted by Crippen LogP contribution is 2.22. The summed E-state index contributed by atoms with van der Waals surface area (Å²) >= 11 is 0. The number of halogens is 3. The Kier molecular flexibility index (Phi) is 2.93. The van der Waals surface area contributed by atoms with Crippen LogP contribution in [-0.4, -0.2) is 23.1 Å². The second-order valence-electron chi connectivity index (χ2n) is 3.67. The van der Waals surface area contributed by atoms with E-state index in [9.17, 15) is 22.8 Å². The smallest absolute Gasteiger partial charge is 0.343 e. The molecule has 1 heterocycles. The third kappa shape index (κ3) is 1.81. The summed E-state index contributed by atoms with van der Waals surface area (Å²) in [6.45, 7) is 0. The van der Waals surface area contributed by atoms with Crippen molar-refractivity contribution in [3.63, 3.8) is 0 Å². The number of hydrogen-bond acceptors (Lipinski definition) is 3. The number of nitrogens with one attached hydrogen (secondary N) is 2. The second kappa shape index (κ2) is 4.30. The fraction of sp³-hybridized carbons (Fsp3) is 0.0909. The van der Waals surface area contributed by atoms with Gasteiger partial charge in [0.25, 0.3) is 0 Å². The van der Waals surface area contributed by atoms with Gasteiger partial charge in [-0.3, -0.25) is 4.79 Å². The number of rotatable bonds is 2. The number of pyridine rings is 1. The maximum atomic E-state index is 13.5. The molecule has 0 saturated carbocycles. The summed E-state index contributed by atoms with van der Waals surface area (Å²) in [7, 11) is 1.29. The highest BCUT2D eigenvalue weighted by atomic mass is 19.2. The molecule has 0 atom stereocenters. The van der Waals surface area contributed by atoms with Gasteiger partial charge in [0.1, 0.15) is 11.4 Å². The van der Waals surface area contributed by atoms with Crippen LogP contribution in [0.3, 0.4) is 0 Å². The van der Waals surface area contributed by atoms with Crippen LogP contribution in [0.15, 0.2) is 10.9 Å². The molecule has 5 nitrogen and oxygen atoms in total. The number of aromatic nitrogens is 1. The van der Waals surface area contributed by atoms with E-state index in [-0.39, 0.29) is 5.82 Å². The molecule has 3 N–H and O–H groups in total. The zero-order valence-corrected chi connectivity index (χ0v) is 9.47. The van der Waals surface area contributed by atoms with Crippen LogP contribution in [0, 0.1) is 17.5 Å². The molecule has 0 saturated heterocycles. The molecule has 0 spiro atoms. The summed E-state index contributed by atoms with van der Waals surface area (Å²) in [6.07, 6.45) is 0. The SMILES string of the molecule is CNc1[nH]c2c(F)c(F)c(F)cc2c(=O)c1C(=O)O. The number of carboxylic acids is 1. The van der Waals surface area contributed by atoms with Crippen molar-refractivity contribution in [3.8, 4) is 0 Å². The number of hydrogen-bond donors (Lipinski definition) is 3. The molecule has 0 bridgehead atoms. The normalized spacial score (nSPS) is 10.7. The van der Waals surface area contributed by atoms with Gasteiger partial charge in [-0.2, -0.15) is 0 Å². The average Bonchev–Trinajstić information content (AvgIpc) is 2.36. The molecule has 2 aromatic rings. The minimum atomic E-state index is -1.74. The van der Waals surface area contributed by atoms with Gasteiger partial charge in [-0.15, -0.1) is 0 Å². The quantitative estimate of drug-likeness (QED) is 0.726. The summed E-state index contributed by atoms with van der Waals surface area (Å²) in [4.78, 5) is 25.1. The van der Waals surface area contributed by atoms with Crippen molar-refractivity contribution in [2.75, 3.05) is 12.4 Å². The van der Waals surface area contributed by atoms with E-state index in [1.807, 2.05) is 0 Å². The van der Waals surface area contributed by atoms with Gasteiger partial charge in [0.05, 0.1) is 10.9 Å². The molecule has 0 aliphatic heterocycles. The predicted octanol–water partition coefficient (Wildman–Crippen LogP) is 1.69. The molecule has 2 rings (SSSR count). The minimum absolute atomic E-state index is 0.296. The van der Waals surface area contributed by atoms with E-state index in [0.29, 0.717) is 6.07 Å². The molecule has 0 unspecified atom stereocenters. The Morgan fingerprint density at radius 3 is 2.47 bits per heavy atom. The largest absolute Gasteiger partial charge is 0.477 e. The Hall–Kier alpha value is -2.51. The van der Waals surface area contributed by atoms with E-state index < -0.39 is 45.3 Å². The molecule has 0 aliphatic carbocycles. The Balaban J connectivity index is 3.05. The molecule has 0 amide bonds. The van der Waals surface area contributed by atoms with Gasteiger partial charge in [-0.25, -0.2) is 18.0 Å². The number of carbonyl (C=O) groups is 1. The number of benzene rings is 1. The Morgan fingerprint density at radius 1 is 1.32 bits per heavy atom. The summed E-state index contributed by atoms with van der Waals surface area (Å²) in [5.41, 5.74) is -2.41. The minimum Gasteiger partial charge on any atom is -0.477 e. The number of anilines is 1. The van der Waals surface area contributed by atoms with Crippen LogP contribution in [0.1, 0.15) is 10.4 Å². The van der Waals surface area contributed by atoms with E-state index in [1.54, 1.807) is 0 Å². The zero-order chi connectivity index (χ0) is 14.3. The van der Waals surface area contributed by atoms with Crippen molar-refractivity contribution >= 4 is 22.7 Å². The van der Waals surface area contributed by atoms with Crippen LogP contribution in [0.2, 0.25) is 0 Å². The van der Waals surface area contributed by atoms with Gasteiger partial charge >= 0.3 is 5.97 Å². The molecule has 19 heavy (non-hydrogen) atoms. The van der Waals surface area contributed by atoms with Crippen LogP contribution in [-0.2, 0) is 0 Å². The Bertz CT molecular complexity index is 755. The average molecular weight is 272 g/mol. The van der Waals surface area contributed by atoms with E-state index in [4.69, 9.17) is 5.11 Å². The van der Waals surface area contributed by atoms with Gasteiger partial charge in [0, 0.05) is 7.05 Å². The number of carboxylic acid groups (broad SMARTS) is 1. The van der Waals surface area contributed by atoms with Crippen LogP contribution >= 0.6 is 0 Å². The number of aromatic carboxylic acids is 1. The second-order valence-corrected chi connectivity index (χ2v) is 3.67. The molecular weight excluding hydrogens is 265 g/mol. The monoisotopic (exact) mass is 272 g/mol. The van der Waals surface area contributed by atoms with Crippen molar-refractivity contribution in [1.29, 1.82) is 0 Å². The zero-order valence-electron chi connectivity index (χ0n) is 9.47. The van der Waals surface area contributed by atoms with E-state index in [1.165, 1.54) is 7.05 Å². The molecule has 0 fully saturated rings. The third-order valence-corrected chi connectivity index (χ3v) is 2.60. The first-order valence-electron chi connectivity index (χ1n) is 5.03. The highest BCUT2D eigenvalue weighted by molar-refractivity contribution is 5.97. The van der Waals surface area contributed by atoms with Crippen molar-refractivity contribution in [2.24, 2.45) is 0 Å². The molecule has 1 aromatic heterocycles. The first kappa shape index (κ1) is 12.9. The van der Waals surface area contributed by atoms with Gasteiger partial charge < -0.3 is 15.4 Å². The first-order valence-corrected chi connectivity index (χ1v) is 5.03. The topological polar surface area (TPSA) is 82.2 Å². The molecule has 8 heteroatoms. The molecule has 1 aromatic carbocycles. The summed E-state index contributed by atoms with van der Waals surface area (Å²) in [5, 5.41) is 10.7. The fourth-order valence-corrected chi connectivity index (χ4v) is 1.72. The maximum absolute atomic E-state index is 13.5. The standard InChI is InChI=1S/C11H7F3N2O3/c1-15-10-5(11(18)19)9(17)3-2-4(12)6(13)7(14)8(3)16-10/h2H,1H3,(H,18,19)(H2,15,16,17). The van der Waals surface area contributed by atoms with E-state index >= 15 is 0 Å². The van der Waals surface area contributed by atoms with Crippen molar-refractivity contribution in [1.82, 2.24) is 4.98 Å². The maximum Gasteiger partial charge on any atom is 0.343 e. The molecular formula is C11H7F3N2O3. The lowest BCUT2D eigenvalue weighted by Gasteiger charge is -2.09. The van der Waals surface area contributed by atoms with Gasteiger partial charge in [-0.05, 0) is 6.07 Å². The van der Waals surface area contributed by atoms with E-state index in [0.717, 1.165) is 0 Å². The van der Waals surface area contributed by atoms with Gasteiger partial charge in [0.15, 0.2) is 17.5 Å². The lowest BCUT2D eigenvalue weighted by atomic mass is 10.1. The van der Waals surface area contributed by atoms with E-state index in [2.05, 4.69) is 10.3 Å².